The number of hydrogen-bond acceptors (Lipinski definition) is 5. The highest BCUT2D eigenvalue weighted by atomic mass is 35.5. The average Bonchev–Trinajstić information content (AvgIpc) is 2.35. The molecule has 4 N–H and O–H groups in total. The fourth-order valence-electron chi connectivity index (χ4n) is 1.60. The van der Waals surface area contributed by atoms with Crippen LogP contribution in [0.5, 0.6) is 0 Å². The third-order valence-electron chi connectivity index (χ3n) is 2.53. The fraction of sp³-hybridized carbons (Fsp3) is 0.154. The Hall–Kier alpha value is -1.70. The van der Waals surface area contributed by atoms with Crippen molar-refractivity contribution >= 4 is 52.4 Å². The molecule has 0 unspecified atom stereocenters. The van der Waals surface area contributed by atoms with Crippen LogP contribution in [0.3, 0.4) is 0 Å². The van der Waals surface area contributed by atoms with E-state index < -0.39 is 5.25 Å². The zero-order chi connectivity index (χ0) is 16.3. The minimum atomic E-state index is -0.511. The van der Waals surface area contributed by atoms with E-state index in [1.54, 1.807) is 25.1 Å². The molecule has 22 heavy (non-hydrogen) atoms. The summed E-state index contributed by atoms with van der Waals surface area (Å²) in [5.41, 5.74) is 5.61. The van der Waals surface area contributed by atoms with Gasteiger partial charge in [-0.2, -0.15) is 0 Å². The van der Waals surface area contributed by atoms with Crippen LogP contribution in [0.2, 0.25) is 10.0 Å². The van der Waals surface area contributed by atoms with Crippen molar-refractivity contribution in [2.24, 2.45) is 0 Å². The van der Waals surface area contributed by atoms with Crippen LogP contribution >= 0.6 is 35.0 Å². The molecule has 0 saturated carbocycles. The predicted octanol–water partition coefficient (Wildman–Crippen LogP) is 2.78. The number of hydrogen-bond donors (Lipinski definition) is 3. The van der Waals surface area contributed by atoms with Gasteiger partial charge in [0, 0.05) is 21.8 Å². The van der Waals surface area contributed by atoms with Gasteiger partial charge in [0.05, 0.1) is 5.25 Å². The maximum Gasteiger partial charge on any atom is 0.253 e. The van der Waals surface area contributed by atoms with Crippen molar-refractivity contribution in [2.75, 3.05) is 11.1 Å². The largest absolute Gasteiger partial charge is 0.383 e. The first-order chi connectivity index (χ1) is 10.3. The lowest BCUT2D eigenvalue weighted by Crippen LogP contribution is -2.23. The molecule has 1 amide bonds. The number of aromatic amines is 1. The van der Waals surface area contributed by atoms with Gasteiger partial charge < -0.3 is 16.0 Å². The third kappa shape index (κ3) is 4.66. The smallest absolute Gasteiger partial charge is 0.253 e. The van der Waals surface area contributed by atoms with E-state index in [9.17, 15) is 9.59 Å². The second-order valence-corrected chi connectivity index (χ2v) is 6.59. The molecule has 0 bridgehead atoms. The molecule has 116 valence electrons. The number of carbonyl (C=O) groups is 1. The Kier molecular flexibility index (Phi) is 5.33. The number of anilines is 2. The van der Waals surface area contributed by atoms with Gasteiger partial charge in [-0.1, -0.05) is 35.0 Å². The number of H-pyrrole nitrogens is 1. The number of rotatable bonds is 4. The zero-order valence-corrected chi connectivity index (χ0v) is 13.7. The normalized spacial score (nSPS) is 12.0. The third-order valence-corrected chi connectivity index (χ3v) is 3.95. The molecule has 9 heteroatoms. The topological polar surface area (TPSA) is 101 Å². The fourth-order valence-corrected chi connectivity index (χ4v) is 2.94. The van der Waals surface area contributed by atoms with Crippen molar-refractivity contribution in [1.29, 1.82) is 0 Å². The van der Waals surface area contributed by atoms with Gasteiger partial charge in [0.25, 0.3) is 5.56 Å². The van der Waals surface area contributed by atoms with Crippen LogP contribution in [-0.4, -0.2) is 21.1 Å². The van der Waals surface area contributed by atoms with Crippen molar-refractivity contribution in [3.63, 3.8) is 0 Å². The van der Waals surface area contributed by atoms with Crippen LogP contribution in [0.25, 0.3) is 0 Å². The van der Waals surface area contributed by atoms with Gasteiger partial charge in [0.15, 0.2) is 5.16 Å². The molecule has 0 saturated heterocycles. The van der Waals surface area contributed by atoms with E-state index in [1.807, 2.05) is 0 Å². The van der Waals surface area contributed by atoms with Crippen LogP contribution in [0.4, 0.5) is 11.5 Å². The lowest BCUT2D eigenvalue weighted by molar-refractivity contribution is -0.115. The minimum Gasteiger partial charge on any atom is -0.383 e. The van der Waals surface area contributed by atoms with Crippen LogP contribution in [-0.2, 0) is 4.79 Å². The Labute approximate surface area is 140 Å². The van der Waals surface area contributed by atoms with E-state index in [1.165, 1.54) is 6.07 Å². The molecule has 2 rings (SSSR count). The molecule has 0 aliphatic heterocycles. The van der Waals surface area contributed by atoms with Gasteiger partial charge in [0.2, 0.25) is 5.91 Å². The summed E-state index contributed by atoms with van der Waals surface area (Å²) in [6.45, 7) is 1.68. The summed E-state index contributed by atoms with van der Waals surface area (Å²) in [5.74, 6) is -0.186. The number of carbonyl (C=O) groups excluding carboxylic acids is 1. The van der Waals surface area contributed by atoms with E-state index in [0.717, 1.165) is 11.8 Å². The van der Waals surface area contributed by atoms with Crippen molar-refractivity contribution in [2.45, 2.75) is 17.3 Å². The van der Waals surface area contributed by atoms with Crippen LogP contribution < -0.4 is 16.6 Å². The second kappa shape index (κ2) is 7.04. The number of nitrogens with one attached hydrogen (secondary N) is 2. The van der Waals surface area contributed by atoms with Crippen LogP contribution in [0.15, 0.2) is 34.2 Å². The van der Waals surface area contributed by atoms with Gasteiger partial charge in [-0.25, -0.2) is 4.98 Å². The van der Waals surface area contributed by atoms with Crippen molar-refractivity contribution in [3.8, 4) is 0 Å². The van der Waals surface area contributed by atoms with Crippen LogP contribution in [0, 0.1) is 0 Å². The predicted molar refractivity (Wildman–Crippen MR) is 89.7 cm³/mol. The summed E-state index contributed by atoms with van der Waals surface area (Å²) in [7, 11) is 0. The zero-order valence-electron chi connectivity index (χ0n) is 11.4. The first-order valence-corrected chi connectivity index (χ1v) is 7.77. The average molecular weight is 359 g/mol. The van der Waals surface area contributed by atoms with Gasteiger partial charge >= 0.3 is 0 Å². The van der Waals surface area contributed by atoms with Crippen molar-refractivity contribution in [1.82, 2.24) is 9.97 Å². The highest BCUT2D eigenvalue weighted by Crippen LogP contribution is 2.24. The number of amides is 1. The summed E-state index contributed by atoms with van der Waals surface area (Å²) in [4.78, 5) is 29.9. The maximum atomic E-state index is 12.1. The number of nitrogens with two attached hydrogens (primary N) is 1. The molecule has 2 aromatic rings. The number of nitrogens with zero attached hydrogens (tertiary/aromatic N) is 1. The molecule has 1 aromatic heterocycles. The van der Waals surface area contributed by atoms with Crippen molar-refractivity contribution in [3.05, 3.63) is 44.7 Å². The molecule has 0 radical (unpaired) electrons. The molecule has 0 aliphatic carbocycles. The summed E-state index contributed by atoms with van der Waals surface area (Å²) in [6.07, 6.45) is 0. The molecule has 0 spiro atoms. The summed E-state index contributed by atoms with van der Waals surface area (Å²) >= 11 is 12.8. The standard InChI is InChI=1S/C13H12Cl2N4O2S/c1-6(22-13-18-10(16)5-11(20)19-13)12(21)17-9-3-7(14)2-8(15)4-9/h2-6H,1H3,(H,17,21)(H3,16,18,19,20)/t6-/m1/s1. The number of halogens is 2. The highest BCUT2D eigenvalue weighted by molar-refractivity contribution is 8.00. The minimum absolute atomic E-state index is 0.0977. The lowest BCUT2D eigenvalue weighted by atomic mass is 10.3. The van der Waals surface area contributed by atoms with E-state index in [4.69, 9.17) is 28.9 Å². The molecule has 1 aromatic carbocycles. The highest BCUT2D eigenvalue weighted by Gasteiger charge is 2.16. The summed E-state index contributed by atoms with van der Waals surface area (Å²) < 4.78 is 0. The quantitative estimate of drug-likeness (QED) is 0.576. The number of benzene rings is 1. The Bertz CT molecular complexity index is 746. The van der Waals surface area contributed by atoms with Crippen LogP contribution in [0.1, 0.15) is 6.92 Å². The summed E-state index contributed by atoms with van der Waals surface area (Å²) in [6, 6.07) is 5.91. The van der Waals surface area contributed by atoms with E-state index >= 15 is 0 Å². The first kappa shape index (κ1) is 16.7. The monoisotopic (exact) mass is 358 g/mol. The van der Waals surface area contributed by atoms with E-state index in [-0.39, 0.29) is 22.4 Å². The number of nitrogen functional groups attached to an aromatic ring is 1. The maximum absolute atomic E-state index is 12.1. The molecule has 6 nitrogen and oxygen atoms in total. The second-order valence-electron chi connectivity index (χ2n) is 4.38. The summed E-state index contributed by atoms with van der Waals surface area (Å²) in [5, 5.41) is 3.30. The van der Waals surface area contributed by atoms with Crippen molar-refractivity contribution < 1.29 is 4.79 Å². The Morgan fingerprint density at radius 2 is 1.95 bits per heavy atom. The molecule has 0 fully saturated rings. The lowest BCUT2D eigenvalue weighted by Gasteiger charge is -2.12. The number of thioether (sulfide) groups is 1. The Morgan fingerprint density at radius 1 is 1.32 bits per heavy atom. The molecular formula is C13H12Cl2N4O2S. The van der Waals surface area contributed by atoms with Gasteiger partial charge in [-0.3, -0.25) is 9.59 Å². The SMILES string of the molecule is C[C@@H](Sc1nc(N)cc(=O)[nH]1)C(=O)Nc1cc(Cl)cc(Cl)c1. The molecule has 0 aliphatic rings. The van der Waals surface area contributed by atoms with Gasteiger partial charge in [0.1, 0.15) is 5.82 Å². The molecule has 1 heterocycles. The van der Waals surface area contributed by atoms with E-state index in [2.05, 4.69) is 15.3 Å². The Morgan fingerprint density at radius 3 is 2.55 bits per heavy atom. The van der Waals surface area contributed by atoms with E-state index in [0.29, 0.717) is 15.7 Å². The molecular weight excluding hydrogens is 347 g/mol. The Balaban J connectivity index is 2.07. The first-order valence-electron chi connectivity index (χ1n) is 6.14. The number of aromatic nitrogens is 2. The van der Waals surface area contributed by atoms with Gasteiger partial charge in [-0.15, -0.1) is 0 Å². The van der Waals surface area contributed by atoms with Gasteiger partial charge in [-0.05, 0) is 25.1 Å². The molecule has 1 atom stereocenters.